The number of ether oxygens (including phenoxy) is 1. The van der Waals surface area contributed by atoms with Crippen molar-refractivity contribution in [1.82, 2.24) is 15.0 Å². The summed E-state index contributed by atoms with van der Waals surface area (Å²) in [4.78, 5) is 0. The normalized spacial score (nSPS) is 12.7. The molecule has 1 aromatic heterocycles. The van der Waals surface area contributed by atoms with Gasteiger partial charge in [-0.25, -0.2) is 4.68 Å². The molecule has 0 spiro atoms. The molecule has 4 heteroatoms. The zero-order chi connectivity index (χ0) is 23.1. The standard InChI is InChI=1S/C18H17N3O.4C2H6/c1-21-18-15-10-6-5-9-14(15)16(22-2)11-12-7-3-4-8-13(12)17(18)19-20-21;4*1-2/h3-10,16H,11H2,1-2H3;4*1-2H3. The molecule has 0 aliphatic heterocycles. The van der Waals surface area contributed by atoms with Gasteiger partial charge in [0.2, 0.25) is 0 Å². The number of methoxy groups -OCH3 is 1. The molecule has 1 aliphatic carbocycles. The first-order valence-corrected chi connectivity index (χ1v) is 11.4. The van der Waals surface area contributed by atoms with Crippen LogP contribution >= 0.6 is 0 Å². The van der Waals surface area contributed by atoms with Crippen LogP contribution in [0, 0.1) is 0 Å². The third-order valence-corrected chi connectivity index (χ3v) is 4.35. The molecule has 1 aliphatic rings. The summed E-state index contributed by atoms with van der Waals surface area (Å²) in [5.74, 6) is 0. The fourth-order valence-corrected chi connectivity index (χ4v) is 3.28. The molecular weight excluding hydrogens is 370 g/mol. The monoisotopic (exact) mass is 411 g/mol. The van der Waals surface area contributed by atoms with Crippen LogP contribution in [0.3, 0.4) is 0 Å². The van der Waals surface area contributed by atoms with Gasteiger partial charge in [-0.15, -0.1) is 5.10 Å². The lowest BCUT2D eigenvalue weighted by Crippen LogP contribution is -2.11. The molecule has 4 rings (SSSR count). The Balaban J connectivity index is 0.000000948. The van der Waals surface area contributed by atoms with Crippen molar-refractivity contribution in [3.63, 3.8) is 0 Å². The highest BCUT2D eigenvalue weighted by Crippen LogP contribution is 2.40. The van der Waals surface area contributed by atoms with Gasteiger partial charge in [-0.05, 0) is 11.1 Å². The number of nitrogens with zero attached hydrogens (tertiary/aromatic N) is 3. The second-order valence-corrected chi connectivity index (χ2v) is 5.58. The molecule has 0 radical (unpaired) electrons. The van der Waals surface area contributed by atoms with E-state index in [-0.39, 0.29) is 6.10 Å². The van der Waals surface area contributed by atoms with E-state index in [2.05, 4.69) is 52.8 Å². The number of rotatable bonds is 1. The fraction of sp³-hybridized carbons (Fsp3) is 0.462. The number of aromatic nitrogens is 3. The smallest absolute Gasteiger partial charge is 0.121 e. The van der Waals surface area contributed by atoms with Gasteiger partial charge in [0.15, 0.2) is 0 Å². The average molecular weight is 412 g/mol. The summed E-state index contributed by atoms with van der Waals surface area (Å²) < 4.78 is 7.64. The number of hydrogen-bond donors (Lipinski definition) is 0. The topological polar surface area (TPSA) is 39.9 Å². The summed E-state index contributed by atoms with van der Waals surface area (Å²) in [6.07, 6.45) is 0.861. The lowest BCUT2D eigenvalue weighted by Gasteiger charge is -2.23. The van der Waals surface area contributed by atoms with E-state index in [0.717, 1.165) is 28.9 Å². The summed E-state index contributed by atoms with van der Waals surface area (Å²) in [5, 5.41) is 8.68. The Bertz CT molecular complexity index is 840. The van der Waals surface area contributed by atoms with Gasteiger partial charge in [0.25, 0.3) is 0 Å². The van der Waals surface area contributed by atoms with E-state index in [1.54, 1.807) is 7.11 Å². The Morgan fingerprint density at radius 3 is 1.93 bits per heavy atom. The van der Waals surface area contributed by atoms with Gasteiger partial charge >= 0.3 is 0 Å². The first-order valence-electron chi connectivity index (χ1n) is 11.4. The lowest BCUT2D eigenvalue weighted by atomic mass is 9.87. The molecule has 166 valence electrons. The van der Waals surface area contributed by atoms with Crippen LogP contribution < -0.4 is 0 Å². The average Bonchev–Trinajstić information content (AvgIpc) is 3.22. The fourth-order valence-electron chi connectivity index (χ4n) is 3.28. The van der Waals surface area contributed by atoms with E-state index in [1.807, 2.05) is 73.2 Å². The summed E-state index contributed by atoms with van der Waals surface area (Å²) in [7, 11) is 3.71. The minimum Gasteiger partial charge on any atom is -0.376 e. The van der Waals surface area contributed by atoms with Crippen molar-refractivity contribution in [3.8, 4) is 22.5 Å². The third kappa shape index (κ3) is 6.02. The van der Waals surface area contributed by atoms with Crippen molar-refractivity contribution in [2.45, 2.75) is 67.9 Å². The highest BCUT2D eigenvalue weighted by atomic mass is 16.5. The molecule has 4 nitrogen and oxygen atoms in total. The third-order valence-electron chi connectivity index (χ3n) is 4.35. The SMILES string of the molecule is CC.CC.CC.CC.COC1Cc2ccccc2-c2nnn(C)c2-c2ccccc21. The summed E-state index contributed by atoms with van der Waals surface area (Å²) in [6, 6.07) is 16.7. The molecule has 0 saturated carbocycles. The van der Waals surface area contributed by atoms with Crippen LogP contribution in [0.1, 0.15) is 72.6 Å². The van der Waals surface area contributed by atoms with Crippen LogP contribution in [0.2, 0.25) is 0 Å². The molecule has 0 saturated heterocycles. The molecule has 2 aromatic carbocycles. The van der Waals surface area contributed by atoms with E-state index in [4.69, 9.17) is 4.74 Å². The van der Waals surface area contributed by atoms with Gasteiger partial charge in [-0.1, -0.05) is 109 Å². The Labute approximate surface area is 184 Å². The second-order valence-electron chi connectivity index (χ2n) is 5.58. The molecular formula is C26H41N3O. The van der Waals surface area contributed by atoms with Crippen molar-refractivity contribution in [3.05, 3.63) is 59.7 Å². The minimum absolute atomic E-state index is 0.0281. The van der Waals surface area contributed by atoms with Crippen LogP contribution in [0.25, 0.3) is 22.5 Å². The summed E-state index contributed by atoms with van der Waals surface area (Å²) in [6.45, 7) is 16.0. The van der Waals surface area contributed by atoms with Crippen molar-refractivity contribution < 1.29 is 4.74 Å². The van der Waals surface area contributed by atoms with E-state index in [9.17, 15) is 0 Å². The second kappa shape index (κ2) is 15.4. The van der Waals surface area contributed by atoms with E-state index < -0.39 is 0 Å². The van der Waals surface area contributed by atoms with Gasteiger partial charge in [0.1, 0.15) is 5.69 Å². The van der Waals surface area contributed by atoms with Crippen molar-refractivity contribution in [1.29, 1.82) is 0 Å². The van der Waals surface area contributed by atoms with Crippen LogP contribution in [0.15, 0.2) is 48.5 Å². The van der Waals surface area contributed by atoms with E-state index in [1.165, 1.54) is 11.1 Å². The molecule has 1 heterocycles. The van der Waals surface area contributed by atoms with Gasteiger partial charge in [0, 0.05) is 31.7 Å². The molecule has 0 amide bonds. The number of benzene rings is 2. The predicted octanol–water partition coefficient (Wildman–Crippen LogP) is 7.50. The quantitative estimate of drug-likeness (QED) is 0.416. The van der Waals surface area contributed by atoms with Gasteiger partial charge < -0.3 is 4.74 Å². The number of fused-ring (bicyclic) bond motifs is 5. The Hall–Kier alpha value is -2.46. The molecule has 30 heavy (non-hydrogen) atoms. The molecule has 1 atom stereocenters. The molecule has 1 unspecified atom stereocenters. The molecule has 0 bridgehead atoms. The van der Waals surface area contributed by atoms with Crippen LogP contribution in [-0.2, 0) is 18.2 Å². The van der Waals surface area contributed by atoms with E-state index >= 15 is 0 Å². The van der Waals surface area contributed by atoms with Gasteiger partial charge in [0.05, 0.1) is 11.8 Å². The van der Waals surface area contributed by atoms with Crippen molar-refractivity contribution in [2.75, 3.05) is 7.11 Å². The van der Waals surface area contributed by atoms with Gasteiger partial charge in [-0.3, -0.25) is 0 Å². The van der Waals surface area contributed by atoms with Crippen molar-refractivity contribution >= 4 is 0 Å². The lowest BCUT2D eigenvalue weighted by molar-refractivity contribution is 0.104. The van der Waals surface area contributed by atoms with Crippen LogP contribution in [0.4, 0.5) is 0 Å². The maximum Gasteiger partial charge on any atom is 0.121 e. The number of aryl methyl sites for hydroxylation is 1. The summed E-state index contributed by atoms with van der Waals surface area (Å²) >= 11 is 0. The largest absolute Gasteiger partial charge is 0.376 e. The molecule has 0 N–H and O–H groups in total. The zero-order valence-corrected chi connectivity index (χ0v) is 20.7. The highest BCUT2D eigenvalue weighted by molar-refractivity contribution is 5.82. The van der Waals surface area contributed by atoms with Crippen molar-refractivity contribution in [2.24, 2.45) is 7.05 Å². The highest BCUT2D eigenvalue weighted by Gasteiger charge is 2.26. The zero-order valence-electron chi connectivity index (χ0n) is 20.7. The molecule has 0 fully saturated rings. The number of hydrogen-bond acceptors (Lipinski definition) is 3. The minimum atomic E-state index is 0.0281. The molecule has 3 aromatic rings. The predicted molar refractivity (Wildman–Crippen MR) is 131 cm³/mol. The van der Waals surface area contributed by atoms with Gasteiger partial charge in [-0.2, -0.15) is 0 Å². The van der Waals surface area contributed by atoms with E-state index in [0.29, 0.717) is 0 Å². The first kappa shape index (κ1) is 27.5. The maximum absolute atomic E-state index is 5.79. The Morgan fingerprint density at radius 2 is 1.33 bits per heavy atom. The maximum atomic E-state index is 5.79. The summed E-state index contributed by atoms with van der Waals surface area (Å²) in [5.41, 5.74) is 6.70. The van der Waals surface area contributed by atoms with Crippen LogP contribution in [-0.4, -0.2) is 22.1 Å². The first-order chi connectivity index (χ1) is 14.8. The Morgan fingerprint density at radius 1 is 0.800 bits per heavy atom. The Kier molecular flexibility index (Phi) is 14.1. The van der Waals surface area contributed by atoms with Crippen LogP contribution in [0.5, 0.6) is 0 Å².